The molecule has 0 aliphatic carbocycles. The molecule has 6 nitrogen and oxygen atoms in total. The quantitative estimate of drug-likeness (QED) is 0.0320. The largest absolute Gasteiger partial charge is 0.466 e. The van der Waals surface area contributed by atoms with Crippen LogP contribution in [0, 0.1) is 0 Å². The first-order chi connectivity index (χ1) is 42.0. The van der Waals surface area contributed by atoms with Crippen LogP contribution in [0.2, 0.25) is 0 Å². The lowest BCUT2D eigenvalue weighted by Gasteiger charge is -2.20. The zero-order valence-corrected chi connectivity index (χ0v) is 57.4. The van der Waals surface area contributed by atoms with Crippen molar-refractivity contribution in [3.05, 3.63) is 48.6 Å². The summed E-state index contributed by atoms with van der Waals surface area (Å²) < 4.78 is 5.48. The van der Waals surface area contributed by atoms with Crippen molar-refractivity contribution in [2.45, 2.75) is 431 Å². The van der Waals surface area contributed by atoms with Crippen LogP contribution in [-0.4, -0.2) is 47.4 Å². The second-order valence-corrected chi connectivity index (χ2v) is 26.3. The van der Waals surface area contributed by atoms with E-state index >= 15 is 0 Å². The number of carbonyl (C=O) groups is 2. The maximum absolute atomic E-state index is 12.5. The van der Waals surface area contributed by atoms with E-state index in [0.717, 1.165) is 51.4 Å². The number of rotatable bonds is 72. The molecule has 0 saturated heterocycles. The first-order valence-electron chi connectivity index (χ1n) is 38.4. The topological polar surface area (TPSA) is 95.9 Å². The summed E-state index contributed by atoms with van der Waals surface area (Å²) in [7, 11) is 0. The summed E-state index contributed by atoms with van der Waals surface area (Å²) in [5.41, 5.74) is 0. The highest BCUT2D eigenvalue weighted by molar-refractivity contribution is 5.76. The predicted octanol–water partition coefficient (Wildman–Crippen LogP) is 25.2. The zero-order chi connectivity index (χ0) is 61.3. The fourth-order valence-electron chi connectivity index (χ4n) is 12.0. The van der Waals surface area contributed by atoms with Gasteiger partial charge in [0.05, 0.1) is 25.4 Å². The summed E-state index contributed by atoms with van der Waals surface area (Å²) in [6, 6.07) is -0.628. The van der Waals surface area contributed by atoms with E-state index in [-0.39, 0.29) is 18.5 Å². The molecule has 0 rings (SSSR count). The molecule has 85 heavy (non-hydrogen) atoms. The lowest BCUT2D eigenvalue weighted by atomic mass is 10.0. The molecule has 2 atom stereocenters. The van der Waals surface area contributed by atoms with Gasteiger partial charge in [0.25, 0.3) is 0 Å². The maximum atomic E-state index is 12.5. The monoisotopic (exact) mass is 1190 g/mol. The molecule has 0 bridgehead atoms. The molecule has 0 aliphatic heterocycles. The highest BCUT2D eigenvalue weighted by atomic mass is 16.5. The smallest absolute Gasteiger partial charge is 0.305 e. The van der Waals surface area contributed by atoms with Gasteiger partial charge in [-0.1, -0.05) is 364 Å². The molecule has 3 N–H and O–H groups in total. The minimum absolute atomic E-state index is 0.00569. The van der Waals surface area contributed by atoms with E-state index < -0.39 is 12.1 Å². The number of ether oxygens (including phenoxy) is 1. The number of aliphatic hydroxyl groups is 2. The lowest BCUT2D eigenvalue weighted by Crippen LogP contribution is -2.45. The van der Waals surface area contributed by atoms with Crippen LogP contribution in [0.5, 0.6) is 0 Å². The van der Waals surface area contributed by atoms with Crippen LogP contribution in [-0.2, 0) is 14.3 Å². The molecule has 0 aromatic heterocycles. The molecular weight excluding hydrogens is 1040 g/mol. The molecule has 0 aromatic rings. The molecule has 1 amide bonds. The van der Waals surface area contributed by atoms with E-state index in [1.54, 1.807) is 6.08 Å². The molecular formula is C79H149NO5. The number of aliphatic hydroxyl groups excluding tert-OH is 2. The Hall–Kier alpha value is -2.18. The summed E-state index contributed by atoms with van der Waals surface area (Å²) in [5, 5.41) is 23.3. The number of hydrogen-bond donors (Lipinski definition) is 3. The van der Waals surface area contributed by atoms with Crippen molar-refractivity contribution in [1.29, 1.82) is 0 Å². The molecule has 500 valence electrons. The number of amides is 1. The Morgan fingerprint density at radius 3 is 0.906 bits per heavy atom. The van der Waals surface area contributed by atoms with Gasteiger partial charge in [0, 0.05) is 12.8 Å². The summed E-state index contributed by atoms with van der Waals surface area (Å²) in [5.74, 6) is -0.0566. The van der Waals surface area contributed by atoms with E-state index in [9.17, 15) is 19.8 Å². The maximum Gasteiger partial charge on any atom is 0.305 e. The minimum atomic E-state index is -0.845. The van der Waals surface area contributed by atoms with Crippen LogP contribution in [0.25, 0.3) is 0 Å². The normalized spacial score (nSPS) is 12.8. The van der Waals surface area contributed by atoms with Gasteiger partial charge >= 0.3 is 5.97 Å². The molecule has 0 saturated carbocycles. The first-order valence-corrected chi connectivity index (χ1v) is 38.4. The fourth-order valence-corrected chi connectivity index (χ4v) is 12.0. The highest BCUT2D eigenvalue weighted by Crippen LogP contribution is 2.19. The van der Waals surface area contributed by atoms with Gasteiger partial charge in [-0.15, -0.1) is 0 Å². The number of hydrogen-bond acceptors (Lipinski definition) is 5. The summed E-state index contributed by atoms with van der Waals surface area (Å²) in [6.07, 6.45) is 97.9. The molecule has 0 aliphatic rings. The second-order valence-electron chi connectivity index (χ2n) is 26.3. The van der Waals surface area contributed by atoms with E-state index in [2.05, 4.69) is 55.6 Å². The van der Waals surface area contributed by atoms with Crippen molar-refractivity contribution in [3.63, 3.8) is 0 Å². The Kier molecular flexibility index (Phi) is 72.4. The number of nitrogens with one attached hydrogen (secondary N) is 1. The Balaban J connectivity index is 3.41. The van der Waals surface area contributed by atoms with E-state index in [0.29, 0.717) is 19.4 Å². The van der Waals surface area contributed by atoms with Gasteiger partial charge in [-0.25, -0.2) is 0 Å². The van der Waals surface area contributed by atoms with Crippen LogP contribution >= 0.6 is 0 Å². The van der Waals surface area contributed by atoms with Gasteiger partial charge < -0.3 is 20.3 Å². The molecule has 0 spiro atoms. The van der Waals surface area contributed by atoms with E-state index in [4.69, 9.17) is 4.74 Å². The molecule has 0 fully saturated rings. The van der Waals surface area contributed by atoms with Crippen molar-refractivity contribution < 1.29 is 24.5 Å². The molecule has 0 radical (unpaired) electrons. The second kappa shape index (κ2) is 74.3. The first kappa shape index (κ1) is 82.8. The average molecular weight is 1190 g/mol. The summed E-state index contributed by atoms with van der Waals surface area (Å²) >= 11 is 0. The van der Waals surface area contributed by atoms with Gasteiger partial charge in [0.2, 0.25) is 5.91 Å². The third-order valence-electron chi connectivity index (χ3n) is 17.8. The lowest BCUT2D eigenvalue weighted by molar-refractivity contribution is -0.143. The van der Waals surface area contributed by atoms with Crippen LogP contribution in [0.3, 0.4) is 0 Å². The Bertz CT molecular complexity index is 1420. The summed E-state index contributed by atoms with van der Waals surface area (Å²) in [6.45, 7) is 4.93. The van der Waals surface area contributed by atoms with Gasteiger partial charge in [0.1, 0.15) is 0 Å². The van der Waals surface area contributed by atoms with Crippen LogP contribution in [0.15, 0.2) is 48.6 Å². The average Bonchev–Trinajstić information content (AvgIpc) is 3.51. The minimum Gasteiger partial charge on any atom is -0.466 e. The Labute approximate surface area is 531 Å². The van der Waals surface area contributed by atoms with Crippen molar-refractivity contribution in [2.24, 2.45) is 0 Å². The molecule has 0 heterocycles. The fraction of sp³-hybridized carbons (Fsp3) is 0.873. The third-order valence-corrected chi connectivity index (χ3v) is 17.8. The standard InChI is InChI=1S/C79H149NO5/c1-3-5-7-9-11-13-15-17-19-20-21-35-38-41-44-47-51-55-59-63-67-71-77(82)76(75-81)80-78(83)72-68-64-60-56-52-48-45-42-39-36-33-31-29-27-25-23-22-24-26-28-30-32-34-37-40-43-46-50-54-58-62-66-70-74-85-79(84)73-69-65-61-57-53-49-18-16-14-12-10-8-6-4-2/h16,18,26,28,32,34,67,71,76-77,81-82H,3-15,17,19-25,27,29-31,33,35-66,68-70,72-75H2,1-2H3,(H,80,83)/b18-16-,28-26-,34-32-,71-67+. The van der Waals surface area contributed by atoms with Crippen molar-refractivity contribution >= 4 is 11.9 Å². The number of allylic oxidation sites excluding steroid dienone is 7. The van der Waals surface area contributed by atoms with E-state index in [1.165, 1.54) is 340 Å². The van der Waals surface area contributed by atoms with Gasteiger partial charge in [-0.2, -0.15) is 0 Å². The van der Waals surface area contributed by atoms with Crippen molar-refractivity contribution in [2.75, 3.05) is 13.2 Å². The highest BCUT2D eigenvalue weighted by Gasteiger charge is 2.18. The number of unbranched alkanes of at least 4 members (excludes halogenated alkanes) is 55. The van der Waals surface area contributed by atoms with Crippen LogP contribution in [0.4, 0.5) is 0 Å². The van der Waals surface area contributed by atoms with Gasteiger partial charge in [-0.3, -0.25) is 9.59 Å². The number of carbonyl (C=O) groups excluding carboxylic acids is 2. The third kappa shape index (κ3) is 70.8. The van der Waals surface area contributed by atoms with Crippen molar-refractivity contribution in [3.8, 4) is 0 Å². The van der Waals surface area contributed by atoms with Gasteiger partial charge in [-0.05, 0) is 89.9 Å². The molecule has 2 unspecified atom stereocenters. The molecule has 0 aromatic carbocycles. The zero-order valence-electron chi connectivity index (χ0n) is 57.4. The number of esters is 1. The van der Waals surface area contributed by atoms with Crippen molar-refractivity contribution in [1.82, 2.24) is 5.32 Å². The van der Waals surface area contributed by atoms with Gasteiger partial charge in [0.15, 0.2) is 0 Å². The predicted molar refractivity (Wildman–Crippen MR) is 375 cm³/mol. The molecule has 6 heteroatoms. The Morgan fingerprint density at radius 2 is 0.588 bits per heavy atom. The van der Waals surface area contributed by atoms with Crippen LogP contribution in [0.1, 0.15) is 418 Å². The van der Waals surface area contributed by atoms with Crippen LogP contribution < -0.4 is 5.32 Å². The van der Waals surface area contributed by atoms with E-state index in [1.807, 2.05) is 6.08 Å². The Morgan fingerprint density at radius 1 is 0.329 bits per heavy atom. The SMILES string of the molecule is CCCCCCC/C=C\CCCCCCCC(=O)OCCCCCCCCCCC/C=C\C/C=C\CCCCCCCCCCCCCCCCCCCC(=O)NC(CO)C(O)/C=C/CCCCCCCCCCCCCCCCCCCCC. The summed E-state index contributed by atoms with van der Waals surface area (Å²) in [4.78, 5) is 24.6.